The van der Waals surface area contributed by atoms with E-state index in [4.69, 9.17) is 66.8 Å². The fourth-order valence-electron chi connectivity index (χ4n) is 0. The molecule has 0 aromatic heterocycles. The minimum absolute atomic E-state index is 0. The number of carbonyl (C=O) groups is 4. The van der Waals surface area contributed by atoms with Crippen LogP contribution < -0.4 is 0 Å². The number of hydrogen-bond donors (Lipinski definition) is 4. The summed E-state index contributed by atoms with van der Waals surface area (Å²) >= 11 is 18.9. The molecule has 0 saturated carbocycles. The Morgan fingerprint density at radius 3 is 0.591 bits per heavy atom. The third-order valence-electron chi connectivity index (χ3n) is 0.457. The van der Waals surface area contributed by atoms with Crippen LogP contribution in [0.15, 0.2) is 0 Å². The summed E-state index contributed by atoms with van der Waals surface area (Å²) in [6, 6.07) is 0. The number of hydrogen-bond acceptors (Lipinski definition) is 4. The number of rotatable bonds is 4. The van der Waals surface area contributed by atoms with Crippen molar-refractivity contribution in [2.24, 2.45) is 0 Å². The van der Waals surface area contributed by atoms with E-state index in [0.717, 1.165) is 0 Å². The Morgan fingerprint density at radius 1 is 0.545 bits per heavy atom. The van der Waals surface area contributed by atoms with Crippen LogP contribution in [-0.4, -0.2) is 67.8 Å². The first-order chi connectivity index (χ1) is 9.08. The number of carboxylic acid groups (broad SMARTS) is 4. The first kappa shape index (κ1) is 37.9. The fourth-order valence-corrected chi connectivity index (χ4v) is 0. The van der Waals surface area contributed by atoms with Crippen molar-refractivity contribution in [2.75, 3.05) is 23.5 Å². The standard InChI is InChI=1S/4C2H3ClO2.Co.Fe/c4*3-1-2(4)5;;/h4*1H2,(H,4,5);;. The van der Waals surface area contributed by atoms with Crippen molar-refractivity contribution in [3.63, 3.8) is 0 Å². The third kappa shape index (κ3) is 112. The van der Waals surface area contributed by atoms with Gasteiger partial charge in [-0.15, -0.1) is 46.4 Å². The van der Waals surface area contributed by atoms with Gasteiger partial charge in [-0.25, -0.2) is 0 Å². The van der Waals surface area contributed by atoms with Crippen LogP contribution in [0.3, 0.4) is 0 Å². The molecule has 0 heterocycles. The predicted octanol–water partition coefficient (Wildman–Crippen LogP) is 1.23. The van der Waals surface area contributed by atoms with Gasteiger partial charge in [-0.1, -0.05) is 0 Å². The van der Waals surface area contributed by atoms with Gasteiger partial charge in [0.2, 0.25) is 0 Å². The molecule has 0 aliphatic carbocycles. The van der Waals surface area contributed by atoms with E-state index in [9.17, 15) is 19.2 Å². The van der Waals surface area contributed by atoms with Crippen LogP contribution in [0.5, 0.6) is 0 Å². The van der Waals surface area contributed by atoms with E-state index in [1.807, 2.05) is 0 Å². The zero-order chi connectivity index (χ0) is 17.1. The quantitative estimate of drug-likeness (QED) is 0.338. The maximum Gasteiger partial charge on any atom is 0.318 e. The maximum atomic E-state index is 9.24. The summed E-state index contributed by atoms with van der Waals surface area (Å²) in [5.74, 6) is -5.14. The van der Waals surface area contributed by atoms with Crippen LogP contribution in [0.2, 0.25) is 0 Å². The van der Waals surface area contributed by atoms with E-state index in [2.05, 4.69) is 0 Å². The summed E-state index contributed by atoms with van der Waals surface area (Å²) in [6.45, 7) is 0. The Morgan fingerprint density at radius 2 is 0.591 bits per heavy atom. The van der Waals surface area contributed by atoms with Gasteiger partial charge in [0, 0.05) is 33.8 Å². The van der Waals surface area contributed by atoms with Crippen molar-refractivity contribution in [3.8, 4) is 0 Å². The van der Waals surface area contributed by atoms with Gasteiger partial charge in [0.05, 0.1) is 0 Å². The first-order valence-electron chi connectivity index (χ1n) is 4.19. The van der Waals surface area contributed by atoms with Gasteiger partial charge in [0.15, 0.2) is 0 Å². The molecule has 0 amide bonds. The molecule has 0 bridgehead atoms. The van der Waals surface area contributed by atoms with Gasteiger partial charge in [-0.2, -0.15) is 0 Å². The van der Waals surface area contributed by atoms with Crippen LogP contribution in [0.25, 0.3) is 0 Å². The molecule has 0 aromatic rings. The van der Waals surface area contributed by atoms with Crippen LogP contribution in [0, 0.1) is 0 Å². The second-order valence-electron chi connectivity index (χ2n) is 2.11. The van der Waals surface area contributed by atoms with Crippen molar-refractivity contribution in [1.29, 1.82) is 0 Å². The number of halogens is 4. The fraction of sp³-hybridized carbons (Fsp3) is 0.500. The van der Waals surface area contributed by atoms with Gasteiger partial charge in [-0.3, -0.25) is 19.2 Å². The Bertz CT molecular complexity index is 239. The molecule has 0 aliphatic heterocycles. The predicted molar refractivity (Wildman–Crippen MR) is 73.4 cm³/mol. The van der Waals surface area contributed by atoms with Gasteiger partial charge in [0.1, 0.15) is 23.5 Å². The molecule has 0 aliphatic rings. The van der Waals surface area contributed by atoms with Gasteiger partial charge >= 0.3 is 23.9 Å². The molecule has 22 heavy (non-hydrogen) atoms. The van der Waals surface area contributed by atoms with E-state index in [1.54, 1.807) is 0 Å². The Kier molecular flexibility index (Phi) is 56.7. The summed E-state index contributed by atoms with van der Waals surface area (Å²) in [5, 5.41) is 30.4. The van der Waals surface area contributed by atoms with Crippen molar-refractivity contribution >= 4 is 70.3 Å². The van der Waals surface area contributed by atoms with Crippen LogP contribution in [0.1, 0.15) is 0 Å². The van der Waals surface area contributed by atoms with Gasteiger partial charge in [0.25, 0.3) is 0 Å². The topological polar surface area (TPSA) is 149 Å². The summed E-state index contributed by atoms with van der Waals surface area (Å²) in [7, 11) is 0. The Hall–Kier alpha value is 0.0660. The molecule has 137 valence electrons. The van der Waals surface area contributed by atoms with Crippen LogP contribution >= 0.6 is 46.4 Å². The average Bonchev–Trinajstić information content (AvgIpc) is 2.40. The van der Waals surface area contributed by atoms with Gasteiger partial charge in [-0.05, 0) is 0 Å². The molecule has 14 heteroatoms. The number of aliphatic carboxylic acids is 4. The Labute approximate surface area is 166 Å². The van der Waals surface area contributed by atoms with Crippen molar-refractivity contribution < 1.29 is 73.5 Å². The molecule has 8 nitrogen and oxygen atoms in total. The number of alkyl halides is 4. The minimum Gasteiger partial charge on any atom is -0.480 e. The van der Waals surface area contributed by atoms with Crippen LogP contribution in [0.4, 0.5) is 0 Å². The van der Waals surface area contributed by atoms with Crippen LogP contribution in [-0.2, 0) is 53.0 Å². The smallest absolute Gasteiger partial charge is 0.318 e. The molecule has 0 atom stereocenters. The Balaban J connectivity index is -0.0000000376. The zero-order valence-corrected chi connectivity index (χ0v) is 15.6. The van der Waals surface area contributed by atoms with E-state index in [-0.39, 0.29) is 57.4 Å². The van der Waals surface area contributed by atoms with E-state index < -0.39 is 23.9 Å². The van der Waals surface area contributed by atoms with Crippen molar-refractivity contribution in [3.05, 3.63) is 0 Å². The van der Waals surface area contributed by atoms with E-state index in [1.165, 1.54) is 0 Å². The summed E-state index contributed by atoms with van der Waals surface area (Å²) in [4.78, 5) is 36.9. The minimum atomic E-state index is -0.980. The second-order valence-corrected chi connectivity index (χ2v) is 3.18. The normalized spacial score (nSPS) is 6.73. The average molecular weight is 493 g/mol. The molecule has 0 fully saturated rings. The first-order valence-corrected chi connectivity index (χ1v) is 6.33. The molecule has 0 spiro atoms. The number of carboxylic acids is 4. The molecule has 0 aromatic carbocycles. The molecular weight excluding hydrogens is 481 g/mol. The SMILES string of the molecule is O=C(O)CCl.O=C(O)CCl.O=C(O)CCl.O=C(O)CCl.[Co].[Fe]. The molecule has 1 radical (unpaired) electrons. The largest absolute Gasteiger partial charge is 0.480 e. The molecule has 0 saturated heterocycles. The summed E-state index contributed by atoms with van der Waals surface area (Å²) < 4.78 is 0. The molecule has 0 rings (SSSR count). The molecule has 4 N–H and O–H groups in total. The second kappa shape index (κ2) is 32.9. The third-order valence-corrected chi connectivity index (χ3v) is 1.37. The van der Waals surface area contributed by atoms with Gasteiger partial charge < -0.3 is 20.4 Å². The summed E-state index contributed by atoms with van der Waals surface area (Å²) in [6.07, 6.45) is 0. The van der Waals surface area contributed by atoms with Crippen molar-refractivity contribution in [2.45, 2.75) is 0 Å². The zero-order valence-electron chi connectivity index (χ0n) is 10.4. The monoisotopic (exact) mass is 491 g/mol. The molecular formula is C8H12Cl4CoFeO8. The molecule has 0 unspecified atom stereocenters. The van der Waals surface area contributed by atoms with Crippen molar-refractivity contribution in [1.82, 2.24) is 0 Å². The maximum absolute atomic E-state index is 9.24. The van der Waals surface area contributed by atoms with E-state index >= 15 is 0 Å². The van der Waals surface area contributed by atoms with E-state index in [0.29, 0.717) is 0 Å². The summed E-state index contributed by atoms with van der Waals surface area (Å²) in [5.41, 5.74) is 0.